The average molecular weight is 227 g/mol. The molecule has 1 saturated carbocycles. The zero-order valence-corrected chi connectivity index (χ0v) is 11.0. The third-order valence-corrected chi connectivity index (χ3v) is 3.39. The van der Waals surface area contributed by atoms with E-state index in [9.17, 15) is 4.79 Å². The molecule has 3 heteroatoms. The first-order valence-corrected chi connectivity index (χ1v) is 6.32. The quantitative estimate of drug-likeness (QED) is 0.738. The van der Waals surface area contributed by atoms with Gasteiger partial charge in [-0.2, -0.15) is 0 Å². The Bertz CT molecular complexity index is 257. The summed E-state index contributed by atoms with van der Waals surface area (Å²) in [7, 11) is 0. The first kappa shape index (κ1) is 13.5. The minimum absolute atomic E-state index is 0.216. The Hall–Kier alpha value is -0.570. The molecular weight excluding hydrogens is 202 g/mol. The number of hydrogen-bond donors (Lipinski definition) is 1. The standard InChI is InChI=1S/C13H25NO2/c1-5-10-8-6-7-9-13(10,14)11(15)16-12(2,3)4/h10H,5-9,14H2,1-4H3/t10-,13+/m1/s1. The lowest BCUT2D eigenvalue weighted by Gasteiger charge is -2.40. The highest BCUT2D eigenvalue weighted by molar-refractivity contribution is 5.81. The Morgan fingerprint density at radius 2 is 2.06 bits per heavy atom. The van der Waals surface area contributed by atoms with Gasteiger partial charge in [0.1, 0.15) is 11.1 Å². The molecule has 1 aliphatic carbocycles. The first-order chi connectivity index (χ1) is 7.29. The third-order valence-electron chi connectivity index (χ3n) is 3.39. The summed E-state index contributed by atoms with van der Waals surface area (Å²) in [5.74, 6) is 0.0580. The minimum Gasteiger partial charge on any atom is -0.459 e. The van der Waals surface area contributed by atoms with E-state index in [-0.39, 0.29) is 11.9 Å². The van der Waals surface area contributed by atoms with Gasteiger partial charge in [-0.15, -0.1) is 0 Å². The number of carbonyl (C=O) groups excluding carboxylic acids is 1. The summed E-state index contributed by atoms with van der Waals surface area (Å²) < 4.78 is 5.45. The third kappa shape index (κ3) is 2.97. The van der Waals surface area contributed by atoms with Crippen LogP contribution in [0.15, 0.2) is 0 Å². The number of nitrogens with two attached hydrogens (primary N) is 1. The summed E-state index contributed by atoms with van der Waals surface area (Å²) in [6, 6.07) is 0. The monoisotopic (exact) mass is 227 g/mol. The van der Waals surface area contributed by atoms with Crippen molar-refractivity contribution in [2.24, 2.45) is 11.7 Å². The fourth-order valence-corrected chi connectivity index (χ4v) is 2.48. The van der Waals surface area contributed by atoms with Crippen LogP contribution in [0.25, 0.3) is 0 Å². The molecule has 16 heavy (non-hydrogen) atoms. The molecule has 0 saturated heterocycles. The van der Waals surface area contributed by atoms with Crippen LogP contribution in [0, 0.1) is 5.92 Å². The normalized spacial score (nSPS) is 31.2. The second-order valence-corrected chi connectivity index (χ2v) is 5.89. The molecule has 94 valence electrons. The molecule has 1 aliphatic rings. The molecule has 3 nitrogen and oxygen atoms in total. The summed E-state index contributed by atoms with van der Waals surface area (Å²) in [5, 5.41) is 0. The lowest BCUT2D eigenvalue weighted by molar-refractivity contribution is -0.165. The van der Waals surface area contributed by atoms with Gasteiger partial charge in [0.05, 0.1) is 0 Å². The molecule has 0 amide bonds. The molecule has 0 aromatic heterocycles. The van der Waals surface area contributed by atoms with Crippen LogP contribution in [0.1, 0.15) is 59.8 Å². The summed E-state index contributed by atoms with van der Waals surface area (Å²) in [6.07, 6.45) is 4.98. The first-order valence-electron chi connectivity index (χ1n) is 6.32. The number of ether oxygens (including phenoxy) is 1. The second kappa shape index (κ2) is 4.74. The van der Waals surface area contributed by atoms with Crippen molar-refractivity contribution in [2.75, 3.05) is 0 Å². The predicted octanol–water partition coefficient (Wildman–Crippen LogP) is 2.63. The Morgan fingerprint density at radius 3 is 2.56 bits per heavy atom. The molecule has 0 radical (unpaired) electrons. The van der Waals surface area contributed by atoms with Gasteiger partial charge in [0, 0.05) is 0 Å². The molecule has 2 N–H and O–H groups in total. The van der Waals surface area contributed by atoms with E-state index in [0.29, 0.717) is 0 Å². The second-order valence-electron chi connectivity index (χ2n) is 5.89. The van der Waals surface area contributed by atoms with Crippen molar-refractivity contribution >= 4 is 5.97 Å². The molecule has 0 aliphatic heterocycles. The molecule has 0 aromatic rings. The summed E-state index contributed by atoms with van der Waals surface area (Å²) in [6.45, 7) is 7.76. The van der Waals surface area contributed by atoms with E-state index >= 15 is 0 Å². The van der Waals surface area contributed by atoms with Crippen LogP contribution in [0.5, 0.6) is 0 Å². The van der Waals surface area contributed by atoms with Gasteiger partial charge in [0.15, 0.2) is 0 Å². The van der Waals surface area contributed by atoms with Crippen molar-refractivity contribution in [3.63, 3.8) is 0 Å². The molecular formula is C13H25NO2. The topological polar surface area (TPSA) is 52.3 Å². The van der Waals surface area contributed by atoms with E-state index in [1.165, 1.54) is 6.42 Å². The van der Waals surface area contributed by atoms with Gasteiger partial charge in [-0.05, 0) is 39.5 Å². The van der Waals surface area contributed by atoms with Crippen molar-refractivity contribution in [2.45, 2.75) is 70.9 Å². The highest BCUT2D eigenvalue weighted by Gasteiger charge is 2.45. The SMILES string of the molecule is CC[C@@H]1CCCC[C@@]1(N)C(=O)OC(C)(C)C. The Balaban J connectivity index is 2.77. The number of hydrogen-bond acceptors (Lipinski definition) is 3. The van der Waals surface area contributed by atoms with Gasteiger partial charge in [-0.1, -0.05) is 26.2 Å². The summed E-state index contributed by atoms with van der Waals surface area (Å²) in [5.41, 5.74) is 5.10. The Labute approximate surface area is 98.7 Å². The van der Waals surface area contributed by atoms with E-state index < -0.39 is 11.1 Å². The average Bonchev–Trinajstić information content (AvgIpc) is 2.16. The van der Waals surface area contributed by atoms with Gasteiger partial charge in [0.25, 0.3) is 0 Å². The predicted molar refractivity (Wildman–Crippen MR) is 65.0 cm³/mol. The molecule has 0 unspecified atom stereocenters. The smallest absolute Gasteiger partial charge is 0.326 e. The molecule has 1 rings (SSSR count). The van der Waals surface area contributed by atoms with Crippen molar-refractivity contribution < 1.29 is 9.53 Å². The fourth-order valence-electron chi connectivity index (χ4n) is 2.48. The van der Waals surface area contributed by atoms with Crippen molar-refractivity contribution in [1.82, 2.24) is 0 Å². The van der Waals surface area contributed by atoms with E-state index in [0.717, 1.165) is 25.7 Å². The number of rotatable bonds is 2. The van der Waals surface area contributed by atoms with Crippen LogP contribution in [-0.4, -0.2) is 17.1 Å². The highest BCUT2D eigenvalue weighted by Crippen LogP contribution is 2.35. The highest BCUT2D eigenvalue weighted by atomic mass is 16.6. The fraction of sp³-hybridized carbons (Fsp3) is 0.923. The van der Waals surface area contributed by atoms with Gasteiger partial charge >= 0.3 is 5.97 Å². The van der Waals surface area contributed by atoms with Crippen LogP contribution in [0.2, 0.25) is 0 Å². The van der Waals surface area contributed by atoms with Crippen LogP contribution in [0.4, 0.5) is 0 Å². The Kier molecular flexibility index (Phi) is 4.00. The Morgan fingerprint density at radius 1 is 1.44 bits per heavy atom. The van der Waals surface area contributed by atoms with Crippen LogP contribution in [-0.2, 0) is 9.53 Å². The summed E-state index contributed by atoms with van der Waals surface area (Å²) in [4.78, 5) is 12.2. The zero-order valence-electron chi connectivity index (χ0n) is 11.0. The number of esters is 1. The van der Waals surface area contributed by atoms with E-state index in [1.54, 1.807) is 0 Å². The van der Waals surface area contributed by atoms with Gasteiger partial charge in [-0.3, -0.25) is 4.79 Å². The lowest BCUT2D eigenvalue weighted by Crippen LogP contribution is -2.57. The molecule has 0 aromatic carbocycles. The van der Waals surface area contributed by atoms with Crippen molar-refractivity contribution in [3.8, 4) is 0 Å². The van der Waals surface area contributed by atoms with E-state index in [2.05, 4.69) is 6.92 Å². The maximum Gasteiger partial charge on any atom is 0.326 e. The maximum atomic E-state index is 12.2. The minimum atomic E-state index is -0.750. The maximum absolute atomic E-state index is 12.2. The molecule has 0 heterocycles. The van der Waals surface area contributed by atoms with Crippen LogP contribution < -0.4 is 5.73 Å². The van der Waals surface area contributed by atoms with Crippen LogP contribution >= 0.6 is 0 Å². The molecule has 2 atom stereocenters. The van der Waals surface area contributed by atoms with Crippen molar-refractivity contribution in [1.29, 1.82) is 0 Å². The zero-order chi connectivity index (χ0) is 12.4. The lowest BCUT2D eigenvalue weighted by atomic mass is 9.72. The van der Waals surface area contributed by atoms with Crippen LogP contribution in [0.3, 0.4) is 0 Å². The van der Waals surface area contributed by atoms with Gasteiger partial charge < -0.3 is 10.5 Å². The van der Waals surface area contributed by atoms with E-state index in [4.69, 9.17) is 10.5 Å². The summed E-state index contributed by atoms with van der Waals surface area (Å²) >= 11 is 0. The van der Waals surface area contributed by atoms with Crippen molar-refractivity contribution in [3.05, 3.63) is 0 Å². The largest absolute Gasteiger partial charge is 0.459 e. The molecule has 0 bridgehead atoms. The van der Waals surface area contributed by atoms with E-state index in [1.807, 2.05) is 20.8 Å². The number of carbonyl (C=O) groups is 1. The molecule has 1 fully saturated rings. The van der Waals surface area contributed by atoms with Gasteiger partial charge in [-0.25, -0.2) is 0 Å². The molecule has 0 spiro atoms. The van der Waals surface area contributed by atoms with Gasteiger partial charge in [0.2, 0.25) is 0 Å².